The molecule has 33 heavy (non-hydrogen) atoms. The summed E-state index contributed by atoms with van der Waals surface area (Å²) >= 11 is 1.30. The van der Waals surface area contributed by atoms with Crippen molar-refractivity contribution in [3.8, 4) is 0 Å². The molecule has 0 radical (unpaired) electrons. The van der Waals surface area contributed by atoms with E-state index in [0.29, 0.717) is 29.2 Å². The summed E-state index contributed by atoms with van der Waals surface area (Å²) in [7, 11) is 0. The number of hydrogen-bond donors (Lipinski definition) is 1. The molecule has 4 rings (SSSR count). The zero-order valence-electron chi connectivity index (χ0n) is 18.7. The van der Waals surface area contributed by atoms with Crippen LogP contribution in [0.5, 0.6) is 0 Å². The van der Waals surface area contributed by atoms with Crippen LogP contribution >= 0.6 is 11.8 Å². The number of fused-ring (bicyclic) bond motifs is 1. The molecule has 1 atom stereocenters. The van der Waals surface area contributed by atoms with Gasteiger partial charge >= 0.3 is 0 Å². The van der Waals surface area contributed by atoms with Gasteiger partial charge in [-0.3, -0.25) is 14.2 Å². The number of pyridine rings is 1. The lowest BCUT2D eigenvalue weighted by atomic mass is 10.1. The van der Waals surface area contributed by atoms with Gasteiger partial charge in [0.2, 0.25) is 5.91 Å². The summed E-state index contributed by atoms with van der Waals surface area (Å²) in [6.45, 7) is 4.42. The van der Waals surface area contributed by atoms with Crippen LogP contribution in [-0.2, 0) is 17.8 Å². The molecule has 4 aromatic rings. The highest BCUT2D eigenvalue weighted by molar-refractivity contribution is 8.00. The second kappa shape index (κ2) is 10.4. The predicted molar refractivity (Wildman–Crippen MR) is 134 cm³/mol. The topological polar surface area (TPSA) is 76.9 Å². The first-order valence-electron chi connectivity index (χ1n) is 11.0. The van der Waals surface area contributed by atoms with Gasteiger partial charge < -0.3 is 5.32 Å². The fourth-order valence-corrected chi connectivity index (χ4v) is 4.53. The molecule has 6 nitrogen and oxygen atoms in total. The van der Waals surface area contributed by atoms with Gasteiger partial charge in [0.25, 0.3) is 5.56 Å². The highest BCUT2D eigenvalue weighted by atomic mass is 32.2. The standard InChI is InChI=1S/C26H26N4O2S/c1-3-18-12-14-20(15-13-18)28-24(31)22(4-2)33-26-29-23-21(11-8-16-27-23)25(32)30(26)17-19-9-6-5-7-10-19/h5-16,22H,3-4,17H2,1-2H3,(H,28,31)/t22-/m1/s1. The predicted octanol–water partition coefficient (Wildman–Crippen LogP) is 4.91. The Morgan fingerprint density at radius 2 is 1.76 bits per heavy atom. The number of carbonyl (C=O) groups excluding carboxylic acids is 1. The van der Waals surface area contributed by atoms with Gasteiger partial charge in [0, 0.05) is 11.9 Å². The molecule has 1 amide bonds. The number of aryl methyl sites for hydroxylation is 1. The van der Waals surface area contributed by atoms with Crippen molar-refractivity contribution in [2.24, 2.45) is 0 Å². The van der Waals surface area contributed by atoms with Gasteiger partial charge in [-0.05, 0) is 48.2 Å². The average Bonchev–Trinajstić information content (AvgIpc) is 2.85. The van der Waals surface area contributed by atoms with E-state index in [0.717, 1.165) is 17.7 Å². The number of anilines is 1. The van der Waals surface area contributed by atoms with Crippen LogP contribution in [0.15, 0.2) is 82.9 Å². The van der Waals surface area contributed by atoms with Crippen LogP contribution in [0.4, 0.5) is 5.69 Å². The molecule has 0 saturated heterocycles. The molecule has 7 heteroatoms. The van der Waals surface area contributed by atoms with Crippen molar-refractivity contribution in [1.82, 2.24) is 14.5 Å². The van der Waals surface area contributed by atoms with E-state index in [1.807, 2.05) is 61.5 Å². The lowest BCUT2D eigenvalue weighted by Gasteiger charge is -2.18. The maximum Gasteiger partial charge on any atom is 0.263 e. The van der Waals surface area contributed by atoms with Gasteiger partial charge in [-0.2, -0.15) is 0 Å². The molecule has 0 aliphatic heterocycles. The van der Waals surface area contributed by atoms with Crippen molar-refractivity contribution in [2.75, 3.05) is 5.32 Å². The maximum absolute atomic E-state index is 13.3. The van der Waals surface area contributed by atoms with Crippen molar-refractivity contribution < 1.29 is 4.79 Å². The van der Waals surface area contributed by atoms with Gasteiger partial charge in [-0.25, -0.2) is 9.97 Å². The Morgan fingerprint density at radius 3 is 2.45 bits per heavy atom. The Labute approximate surface area is 197 Å². The number of nitrogens with zero attached hydrogens (tertiary/aromatic N) is 3. The van der Waals surface area contributed by atoms with Crippen LogP contribution in [0, 0.1) is 0 Å². The highest BCUT2D eigenvalue weighted by Crippen LogP contribution is 2.26. The molecule has 2 aromatic carbocycles. The number of thioether (sulfide) groups is 1. The Bertz CT molecular complexity index is 1300. The first-order chi connectivity index (χ1) is 16.1. The molecule has 0 spiro atoms. The molecular formula is C26H26N4O2S. The maximum atomic E-state index is 13.3. The van der Waals surface area contributed by atoms with Crippen molar-refractivity contribution >= 4 is 34.4 Å². The van der Waals surface area contributed by atoms with Gasteiger partial charge in [0.05, 0.1) is 17.2 Å². The zero-order valence-corrected chi connectivity index (χ0v) is 19.5. The molecule has 0 aliphatic rings. The van der Waals surface area contributed by atoms with Crippen LogP contribution in [0.3, 0.4) is 0 Å². The highest BCUT2D eigenvalue weighted by Gasteiger charge is 2.22. The third kappa shape index (κ3) is 5.31. The number of benzene rings is 2. The van der Waals surface area contributed by atoms with Gasteiger partial charge in [-0.1, -0.05) is 68.1 Å². The van der Waals surface area contributed by atoms with E-state index < -0.39 is 5.25 Å². The molecule has 2 heterocycles. The second-order valence-corrected chi connectivity index (χ2v) is 8.87. The summed E-state index contributed by atoms with van der Waals surface area (Å²) in [5.41, 5.74) is 3.18. The number of amides is 1. The largest absolute Gasteiger partial charge is 0.325 e. The lowest BCUT2D eigenvalue weighted by molar-refractivity contribution is -0.115. The van der Waals surface area contributed by atoms with Crippen LogP contribution in [0.2, 0.25) is 0 Å². The van der Waals surface area contributed by atoms with E-state index in [9.17, 15) is 9.59 Å². The molecule has 0 saturated carbocycles. The fraction of sp³-hybridized carbons (Fsp3) is 0.231. The minimum absolute atomic E-state index is 0.117. The molecule has 1 N–H and O–H groups in total. The summed E-state index contributed by atoms with van der Waals surface area (Å²) in [6, 6.07) is 21.1. The Balaban J connectivity index is 1.65. The van der Waals surface area contributed by atoms with E-state index >= 15 is 0 Å². The van der Waals surface area contributed by atoms with E-state index in [1.165, 1.54) is 17.3 Å². The first kappa shape index (κ1) is 22.7. The van der Waals surface area contributed by atoms with E-state index in [2.05, 4.69) is 22.2 Å². The van der Waals surface area contributed by atoms with Crippen LogP contribution in [0.25, 0.3) is 11.0 Å². The summed E-state index contributed by atoms with van der Waals surface area (Å²) in [5, 5.41) is 3.53. The van der Waals surface area contributed by atoms with E-state index in [-0.39, 0.29) is 11.5 Å². The molecule has 2 aromatic heterocycles. The number of hydrogen-bond acceptors (Lipinski definition) is 5. The Morgan fingerprint density at radius 1 is 1.00 bits per heavy atom. The van der Waals surface area contributed by atoms with Crippen molar-refractivity contribution in [1.29, 1.82) is 0 Å². The molecule has 0 bridgehead atoms. The minimum atomic E-state index is -0.411. The van der Waals surface area contributed by atoms with Crippen molar-refractivity contribution in [2.45, 2.75) is 43.6 Å². The second-order valence-electron chi connectivity index (χ2n) is 7.70. The third-order valence-corrected chi connectivity index (χ3v) is 6.77. The van der Waals surface area contributed by atoms with E-state index in [4.69, 9.17) is 0 Å². The zero-order chi connectivity index (χ0) is 23.2. The smallest absolute Gasteiger partial charge is 0.263 e. The Hall–Kier alpha value is -3.45. The van der Waals surface area contributed by atoms with Crippen LogP contribution < -0.4 is 10.9 Å². The average molecular weight is 459 g/mol. The normalized spacial score (nSPS) is 11.9. The number of carbonyl (C=O) groups is 1. The third-order valence-electron chi connectivity index (χ3n) is 5.42. The van der Waals surface area contributed by atoms with Gasteiger partial charge in [0.1, 0.15) is 0 Å². The molecule has 0 fully saturated rings. The first-order valence-corrected chi connectivity index (χ1v) is 11.9. The summed E-state index contributed by atoms with van der Waals surface area (Å²) in [4.78, 5) is 35.3. The minimum Gasteiger partial charge on any atom is -0.325 e. The van der Waals surface area contributed by atoms with Crippen LogP contribution in [-0.4, -0.2) is 25.7 Å². The Kier molecular flexibility index (Phi) is 7.19. The fourth-order valence-electron chi connectivity index (χ4n) is 3.53. The van der Waals surface area contributed by atoms with Crippen molar-refractivity contribution in [3.63, 3.8) is 0 Å². The molecule has 0 aliphatic carbocycles. The van der Waals surface area contributed by atoms with Crippen LogP contribution in [0.1, 0.15) is 31.4 Å². The summed E-state index contributed by atoms with van der Waals surface area (Å²) in [5.74, 6) is -0.117. The van der Waals surface area contributed by atoms with Crippen molar-refractivity contribution in [3.05, 3.63) is 94.4 Å². The molecular weight excluding hydrogens is 432 g/mol. The van der Waals surface area contributed by atoms with E-state index in [1.54, 1.807) is 22.9 Å². The number of nitrogens with one attached hydrogen (secondary N) is 1. The number of rotatable bonds is 8. The molecule has 168 valence electrons. The SMILES string of the molecule is CCc1ccc(NC(=O)[C@@H](CC)Sc2nc3ncccc3c(=O)n2Cc2ccccc2)cc1. The molecule has 0 unspecified atom stereocenters. The quantitative estimate of drug-likeness (QED) is 0.300. The summed E-state index contributed by atoms with van der Waals surface area (Å²) in [6.07, 6.45) is 3.15. The monoisotopic (exact) mass is 458 g/mol. The lowest BCUT2D eigenvalue weighted by Crippen LogP contribution is -2.28. The summed E-state index contributed by atoms with van der Waals surface area (Å²) < 4.78 is 1.63. The van der Waals surface area contributed by atoms with Gasteiger partial charge in [-0.15, -0.1) is 0 Å². The van der Waals surface area contributed by atoms with Gasteiger partial charge in [0.15, 0.2) is 10.8 Å². The number of aromatic nitrogens is 3.